The Balaban J connectivity index is 2.27. The highest BCUT2D eigenvalue weighted by atomic mass is 19.1. The summed E-state index contributed by atoms with van der Waals surface area (Å²) in [6.07, 6.45) is 0.825. The lowest BCUT2D eigenvalue weighted by Gasteiger charge is -2.25. The molecule has 0 aromatic heterocycles. The van der Waals surface area contributed by atoms with Crippen molar-refractivity contribution in [1.29, 1.82) is 5.26 Å². The molecule has 78 valence electrons. The molecule has 1 saturated heterocycles. The number of rotatable bonds is 1. The smallest absolute Gasteiger partial charge is 0.146 e. The maximum Gasteiger partial charge on any atom is 0.146 e. The van der Waals surface area contributed by atoms with E-state index < -0.39 is 0 Å². The minimum atomic E-state index is -0.206. The molecule has 2 unspecified atom stereocenters. The molecule has 2 atom stereocenters. The summed E-state index contributed by atoms with van der Waals surface area (Å²) in [5.74, 6) is -0.187. The fourth-order valence-electron chi connectivity index (χ4n) is 2.14. The molecule has 0 bridgehead atoms. The lowest BCUT2D eigenvalue weighted by Crippen LogP contribution is -2.30. The first-order chi connectivity index (χ1) is 7.24. The van der Waals surface area contributed by atoms with Crippen LogP contribution in [-0.2, 0) is 0 Å². The molecule has 0 N–H and O–H groups in total. The molecule has 0 amide bonds. The lowest BCUT2D eigenvalue weighted by atomic mass is 10.0. The van der Waals surface area contributed by atoms with Gasteiger partial charge < -0.3 is 4.90 Å². The van der Waals surface area contributed by atoms with Crippen molar-refractivity contribution < 1.29 is 4.39 Å². The van der Waals surface area contributed by atoms with Crippen LogP contribution in [0, 0.1) is 23.1 Å². The maximum absolute atomic E-state index is 13.5. The van der Waals surface area contributed by atoms with Gasteiger partial charge in [-0.3, -0.25) is 0 Å². The zero-order valence-corrected chi connectivity index (χ0v) is 8.65. The average molecular weight is 204 g/mol. The second-order valence-electron chi connectivity index (χ2n) is 3.91. The Morgan fingerprint density at radius 3 is 2.80 bits per heavy atom. The maximum atomic E-state index is 13.5. The lowest BCUT2D eigenvalue weighted by molar-refractivity contribution is 0.590. The molecule has 1 fully saturated rings. The van der Waals surface area contributed by atoms with Gasteiger partial charge in [-0.1, -0.05) is 12.1 Å². The number of benzene rings is 1. The highest BCUT2D eigenvalue weighted by molar-refractivity contribution is 5.50. The van der Waals surface area contributed by atoms with Gasteiger partial charge in [-0.2, -0.15) is 5.26 Å². The van der Waals surface area contributed by atoms with Gasteiger partial charge in [0.15, 0.2) is 0 Å². The minimum absolute atomic E-state index is 0.0182. The molecule has 1 aromatic rings. The highest BCUT2D eigenvalue weighted by Gasteiger charge is 2.31. The van der Waals surface area contributed by atoms with E-state index in [2.05, 4.69) is 6.07 Å². The van der Waals surface area contributed by atoms with Gasteiger partial charge in [0, 0.05) is 12.6 Å². The third kappa shape index (κ3) is 1.68. The first-order valence-corrected chi connectivity index (χ1v) is 5.15. The van der Waals surface area contributed by atoms with Crippen molar-refractivity contribution in [3.8, 4) is 6.07 Å². The minimum Gasteiger partial charge on any atom is -0.365 e. The molecule has 0 spiro atoms. The zero-order valence-electron chi connectivity index (χ0n) is 8.65. The van der Waals surface area contributed by atoms with Crippen LogP contribution in [0.4, 0.5) is 10.1 Å². The van der Waals surface area contributed by atoms with Gasteiger partial charge in [0.25, 0.3) is 0 Å². The summed E-state index contributed by atoms with van der Waals surface area (Å²) in [5, 5.41) is 8.90. The fourth-order valence-corrected chi connectivity index (χ4v) is 2.14. The number of nitriles is 1. The normalized spacial score (nSPS) is 25.3. The number of hydrogen-bond donors (Lipinski definition) is 0. The van der Waals surface area contributed by atoms with Crippen LogP contribution < -0.4 is 4.90 Å². The molecular weight excluding hydrogens is 191 g/mol. The van der Waals surface area contributed by atoms with Gasteiger partial charge in [0.1, 0.15) is 5.82 Å². The Labute approximate surface area is 88.9 Å². The summed E-state index contributed by atoms with van der Waals surface area (Å²) in [4.78, 5) is 1.98. The predicted molar refractivity (Wildman–Crippen MR) is 56.9 cm³/mol. The van der Waals surface area contributed by atoms with Crippen LogP contribution in [0.25, 0.3) is 0 Å². The summed E-state index contributed by atoms with van der Waals surface area (Å²) in [6.45, 7) is 2.74. The van der Waals surface area contributed by atoms with E-state index in [1.54, 1.807) is 12.1 Å². The number of hydrogen-bond acceptors (Lipinski definition) is 2. The van der Waals surface area contributed by atoms with Crippen molar-refractivity contribution in [2.75, 3.05) is 11.4 Å². The molecule has 0 radical (unpaired) electrons. The number of para-hydroxylation sites is 1. The van der Waals surface area contributed by atoms with E-state index >= 15 is 0 Å². The van der Waals surface area contributed by atoms with Crippen LogP contribution in [0.1, 0.15) is 13.3 Å². The van der Waals surface area contributed by atoms with E-state index in [9.17, 15) is 4.39 Å². The molecule has 0 aliphatic carbocycles. The molecule has 1 aromatic carbocycles. The van der Waals surface area contributed by atoms with Crippen molar-refractivity contribution in [1.82, 2.24) is 0 Å². The fraction of sp³-hybridized carbons (Fsp3) is 0.417. The van der Waals surface area contributed by atoms with E-state index in [1.165, 1.54) is 6.07 Å². The van der Waals surface area contributed by atoms with Crippen LogP contribution in [-0.4, -0.2) is 12.6 Å². The molecule has 0 saturated carbocycles. The Hall–Kier alpha value is -1.56. The van der Waals surface area contributed by atoms with Crippen molar-refractivity contribution in [3.05, 3.63) is 30.1 Å². The van der Waals surface area contributed by atoms with Crippen LogP contribution >= 0.6 is 0 Å². The largest absolute Gasteiger partial charge is 0.365 e. The van der Waals surface area contributed by atoms with Gasteiger partial charge in [0.05, 0.1) is 17.7 Å². The SMILES string of the molecule is CC1C(C#N)CCN1c1ccccc1F. The molecule has 2 nitrogen and oxygen atoms in total. The second kappa shape index (κ2) is 3.90. The Bertz CT molecular complexity index is 397. The van der Waals surface area contributed by atoms with E-state index in [-0.39, 0.29) is 17.8 Å². The summed E-state index contributed by atoms with van der Waals surface area (Å²) in [5.41, 5.74) is 0.614. The molecular formula is C12H13FN2. The monoisotopic (exact) mass is 204 g/mol. The summed E-state index contributed by atoms with van der Waals surface area (Å²) in [6, 6.07) is 9.11. The first-order valence-electron chi connectivity index (χ1n) is 5.15. The third-order valence-corrected chi connectivity index (χ3v) is 3.08. The number of nitrogens with zero attached hydrogens (tertiary/aromatic N) is 2. The molecule has 15 heavy (non-hydrogen) atoms. The van der Waals surface area contributed by atoms with Crippen LogP contribution in [0.3, 0.4) is 0 Å². The first kappa shape index (κ1) is 9.97. The molecule has 1 heterocycles. The van der Waals surface area contributed by atoms with Crippen LogP contribution in [0.5, 0.6) is 0 Å². The van der Waals surface area contributed by atoms with Gasteiger partial charge >= 0.3 is 0 Å². The predicted octanol–water partition coefficient (Wildman–Crippen LogP) is 2.56. The van der Waals surface area contributed by atoms with Gasteiger partial charge in [-0.15, -0.1) is 0 Å². The molecule has 2 rings (SSSR count). The van der Waals surface area contributed by atoms with E-state index in [0.29, 0.717) is 5.69 Å². The standard InChI is InChI=1S/C12H13FN2/c1-9-10(8-14)6-7-15(9)12-5-3-2-4-11(12)13/h2-5,9-10H,6-7H2,1H3. The summed E-state index contributed by atoms with van der Waals surface area (Å²) < 4.78 is 13.5. The van der Waals surface area contributed by atoms with Crippen molar-refractivity contribution in [3.63, 3.8) is 0 Å². The van der Waals surface area contributed by atoms with Crippen molar-refractivity contribution >= 4 is 5.69 Å². The van der Waals surface area contributed by atoms with Gasteiger partial charge in [-0.25, -0.2) is 4.39 Å². The topological polar surface area (TPSA) is 27.0 Å². The second-order valence-corrected chi connectivity index (χ2v) is 3.91. The molecule has 3 heteroatoms. The highest BCUT2D eigenvalue weighted by Crippen LogP contribution is 2.30. The van der Waals surface area contributed by atoms with Gasteiger partial charge in [0.2, 0.25) is 0 Å². The summed E-state index contributed by atoms with van der Waals surface area (Å²) >= 11 is 0. The van der Waals surface area contributed by atoms with E-state index in [0.717, 1.165) is 13.0 Å². The Kier molecular flexibility index (Phi) is 2.59. The Morgan fingerprint density at radius 2 is 2.20 bits per heavy atom. The van der Waals surface area contributed by atoms with Crippen LogP contribution in [0.2, 0.25) is 0 Å². The van der Waals surface area contributed by atoms with Crippen molar-refractivity contribution in [2.24, 2.45) is 5.92 Å². The number of halogens is 1. The third-order valence-electron chi connectivity index (χ3n) is 3.08. The van der Waals surface area contributed by atoms with Crippen molar-refractivity contribution in [2.45, 2.75) is 19.4 Å². The average Bonchev–Trinajstić information content (AvgIpc) is 2.60. The van der Waals surface area contributed by atoms with E-state index in [1.807, 2.05) is 17.9 Å². The number of anilines is 1. The molecule has 1 aliphatic rings. The van der Waals surface area contributed by atoms with Crippen LogP contribution in [0.15, 0.2) is 24.3 Å². The van der Waals surface area contributed by atoms with E-state index in [4.69, 9.17) is 5.26 Å². The van der Waals surface area contributed by atoms with Gasteiger partial charge in [-0.05, 0) is 25.5 Å². The zero-order chi connectivity index (χ0) is 10.8. The summed E-state index contributed by atoms with van der Waals surface area (Å²) in [7, 11) is 0. The molecule has 1 aliphatic heterocycles. The quantitative estimate of drug-likeness (QED) is 0.703. The Morgan fingerprint density at radius 1 is 1.47 bits per heavy atom.